The molecule has 5 nitrogen and oxygen atoms in total. The molecule has 114 valence electrons. The van der Waals surface area contributed by atoms with Crippen LogP contribution in [0.1, 0.15) is 25.7 Å². The Morgan fingerprint density at radius 1 is 1.29 bits per heavy atom. The minimum absolute atomic E-state index is 0.0104. The van der Waals surface area contributed by atoms with Crippen LogP contribution in [-0.2, 0) is 9.59 Å². The first-order valence-corrected chi connectivity index (χ1v) is 7.47. The fraction of sp³-hybridized carbons (Fsp3) is 0.500. The second-order valence-electron chi connectivity index (χ2n) is 5.37. The summed E-state index contributed by atoms with van der Waals surface area (Å²) in [7, 11) is 0. The van der Waals surface area contributed by atoms with Gasteiger partial charge >= 0.3 is 5.97 Å². The van der Waals surface area contributed by atoms with Crippen molar-refractivity contribution < 1.29 is 14.7 Å². The molecule has 1 amide bonds. The number of carboxylic acids is 1. The lowest BCUT2D eigenvalue weighted by atomic mass is 9.97. The summed E-state index contributed by atoms with van der Waals surface area (Å²) in [6.45, 7) is 2.13. The van der Waals surface area contributed by atoms with Gasteiger partial charge in [-0.3, -0.25) is 9.59 Å². The number of rotatable bonds is 6. The lowest BCUT2D eigenvalue weighted by Gasteiger charge is -2.29. The normalized spacial score (nSPS) is 18.2. The molecule has 0 radical (unpaired) electrons. The van der Waals surface area contributed by atoms with Crippen LogP contribution in [-0.4, -0.2) is 36.6 Å². The summed E-state index contributed by atoms with van der Waals surface area (Å²) < 4.78 is 0. The van der Waals surface area contributed by atoms with E-state index < -0.39 is 5.97 Å². The van der Waals surface area contributed by atoms with Gasteiger partial charge in [-0.15, -0.1) is 0 Å². The molecule has 0 spiro atoms. The zero-order chi connectivity index (χ0) is 15.1. The van der Waals surface area contributed by atoms with Crippen molar-refractivity contribution >= 4 is 17.6 Å². The van der Waals surface area contributed by atoms with Crippen LogP contribution in [0.2, 0.25) is 0 Å². The highest BCUT2D eigenvalue weighted by molar-refractivity contribution is 5.95. The maximum Gasteiger partial charge on any atom is 0.303 e. The zero-order valence-electron chi connectivity index (χ0n) is 12.1. The van der Waals surface area contributed by atoms with Crippen LogP contribution < -0.4 is 10.2 Å². The smallest absolute Gasteiger partial charge is 0.303 e. The molecule has 0 saturated carbocycles. The summed E-state index contributed by atoms with van der Waals surface area (Å²) in [4.78, 5) is 25.1. The Bertz CT molecular complexity index is 470. The monoisotopic (exact) mass is 290 g/mol. The van der Waals surface area contributed by atoms with Gasteiger partial charge in [-0.25, -0.2) is 0 Å². The van der Waals surface area contributed by atoms with Crippen molar-refractivity contribution in [3.8, 4) is 0 Å². The summed E-state index contributed by atoms with van der Waals surface area (Å²) >= 11 is 0. The van der Waals surface area contributed by atoms with Gasteiger partial charge in [0.2, 0.25) is 5.91 Å². The van der Waals surface area contributed by atoms with Crippen molar-refractivity contribution in [1.29, 1.82) is 0 Å². The molecule has 1 saturated heterocycles. The molecule has 1 aromatic carbocycles. The largest absolute Gasteiger partial charge is 0.481 e. The second-order valence-corrected chi connectivity index (χ2v) is 5.37. The molecular formula is C16H22N2O3. The molecule has 1 aromatic rings. The van der Waals surface area contributed by atoms with E-state index in [1.165, 1.54) is 0 Å². The Balaban J connectivity index is 2.06. The van der Waals surface area contributed by atoms with Crippen molar-refractivity contribution in [1.82, 2.24) is 5.32 Å². The third kappa shape index (κ3) is 4.56. The predicted molar refractivity (Wildman–Crippen MR) is 81.3 cm³/mol. The number of carbonyl (C=O) groups is 2. The first-order chi connectivity index (χ1) is 10.2. The molecule has 2 rings (SSSR count). The molecular weight excluding hydrogens is 268 g/mol. The standard InChI is InChI=1S/C16H22N2O3/c19-15(20)9-5-11-18(14-7-2-1-3-8-14)16(21)13-6-4-10-17-12-13/h1-3,7-8,13,17H,4-6,9-12H2,(H,19,20)/t13-/m1/s1. The maximum absolute atomic E-state index is 12.7. The van der Waals surface area contributed by atoms with E-state index in [2.05, 4.69) is 5.32 Å². The van der Waals surface area contributed by atoms with Gasteiger partial charge in [0, 0.05) is 25.2 Å². The van der Waals surface area contributed by atoms with Crippen LogP contribution in [0, 0.1) is 5.92 Å². The molecule has 5 heteroatoms. The molecule has 2 N–H and O–H groups in total. The van der Waals surface area contributed by atoms with Crippen LogP contribution in [0.3, 0.4) is 0 Å². The van der Waals surface area contributed by atoms with Gasteiger partial charge in [0.05, 0.1) is 5.92 Å². The first-order valence-electron chi connectivity index (χ1n) is 7.47. The highest BCUT2D eigenvalue weighted by atomic mass is 16.4. The number of benzene rings is 1. The first kappa shape index (κ1) is 15.5. The van der Waals surface area contributed by atoms with E-state index in [1.54, 1.807) is 4.90 Å². The number of carboxylic acid groups (broad SMARTS) is 1. The van der Waals surface area contributed by atoms with Gasteiger partial charge in [-0.2, -0.15) is 0 Å². The Labute approximate surface area is 125 Å². The maximum atomic E-state index is 12.7. The topological polar surface area (TPSA) is 69.6 Å². The van der Waals surface area contributed by atoms with Crippen molar-refractivity contribution in [3.05, 3.63) is 30.3 Å². The molecule has 0 aromatic heterocycles. The average molecular weight is 290 g/mol. The molecule has 1 aliphatic heterocycles. The highest BCUT2D eigenvalue weighted by Gasteiger charge is 2.26. The number of para-hydroxylation sites is 1. The van der Waals surface area contributed by atoms with Crippen LogP contribution in [0.5, 0.6) is 0 Å². The fourth-order valence-electron chi connectivity index (χ4n) is 2.65. The van der Waals surface area contributed by atoms with Crippen molar-refractivity contribution in [3.63, 3.8) is 0 Å². The number of hydrogen-bond acceptors (Lipinski definition) is 3. The summed E-state index contributed by atoms with van der Waals surface area (Å²) in [6.07, 6.45) is 2.46. The van der Waals surface area contributed by atoms with E-state index in [9.17, 15) is 9.59 Å². The molecule has 0 bridgehead atoms. The Morgan fingerprint density at radius 3 is 2.67 bits per heavy atom. The van der Waals surface area contributed by atoms with Crippen molar-refractivity contribution in [2.45, 2.75) is 25.7 Å². The molecule has 1 aliphatic rings. The summed E-state index contributed by atoms with van der Waals surface area (Å²) in [5.41, 5.74) is 0.846. The van der Waals surface area contributed by atoms with E-state index in [0.29, 0.717) is 19.5 Å². The van der Waals surface area contributed by atoms with E-state index >= 15 is 0 Å². The third-order valence-electron chi connectivity index (χ3n) is 3.75. The number of nitrogens with one attached hydrogen (secondary N) is 1. The zero-order valence-corrected chi connectivity index (χ0v) is 12.1. The molecule has 0 unspecified atom stereocenters. The van der Waals surface area contributed by atoms with Gasteiger partial charge in [-0.05, 0) is 37.9 Å². The van der Waals surface area contributed by atoms with Crippen LogP contribution >= 0.6 is 0 Å². The highest BCUT2D eigenvalue weighted by Crippen LogP contribution is 2.20. The fourth-order valence-corrected chi connectivity index (χ4v) is 2.65. The number of carbonyl (C=O) groups excluding carboxylic acids is 1. The van der Waals surface area contributed by atoms with Gasteiger partial charge in [-0.1, -0.05) is 18.2 Å². The number of nitrogens with zero attached hydrogens (tertiary/aromatic N) is 1. The van der Waals surface area contributed by atoms with Gasteiger partial charge in [0.25, 0.3) is 0 Å². The Hall–Kier alpha value is -1.88. The summed E-state index contributed by atoms with van der Waals surface area (Å²) in [5, 5.41) is 12.0. The van der Waals surface area contributed by atoms with E-state index in [-0.39, 0.29) is 18.2 Å². The minimum atomic E-state index is -0.824. The van der Waals surface area contributed by atoms with E-state index in [0.717, 1.165) is 25.1 Å². The second kappa shape index (κ2) is 7.78. The van der Waals surface area contributed by atoms with E-state index in [4.69, 9.17) is 5.11 Å². The SMILES string of the molecule is O=C(O)CCCN(C(=O)[C@@H]1CCCNC1)c1ccccc1. The lowest BCUT2D eigenvalue weighted by Crippen LogP contribution is -2.43. The van der Waals surface area contributed by atoms with Gasteiger partial charge < -0.3 is 15.3 Å². The summed E-state index contributed by atoms with van der Waals surface area (Å²) in [6, 6.07) is 9.49. The van der Waals surface area contributed by atoms with Gasteiger partial charge in [0.1, 0.15) is 0 Å². The molecule has 1 atom stereocenters. The van der Waals surface area contributed by atoms with Crippen LogP contribution in [0.15, 0.2) is 30.3 Å². The number of piperidine rings is 1. The molecule has 1 heterocycles. The minimum Gasteiger partial charge on any atom is -0.481 e. The predicted octanol–water partition coefficient (Wildman–Crippen LogP) is 1.88. The van der Waals surface area contributed by atoms with Crippen LogP contribution in [0.4, 0.5) is 5.69 Å². The molecule has 21 heavy (non-hydrogen) atoms. The molecule has 1 fully saturated rings. The number of aliphatic carboxylic acids is 1. The average Bonchev–Trinajstić information content (AvgIpc) is 2.52. The quantitative estimate of drug-likeness (QED) is 0.839. The number of hydrogen-bond donors (Lipinski definition) is 2. The Kier molecular flexibility index (Phi) is 5.75. The lowest BCUT2D eigenvalue weighted by molar-refractivity contribution is -0.137. The number of anilines is 1. The summed E-state index contributed by atoms with van der Waals surface area (Å²) in [5.74, 6) is -0.739. The van der Waals surface area contributed by atoms with E-state index in [1.807, 2.05) is 30.3 Å². The van der Waals surface area contributed by atoms with Crippen molar-refractivity contribution in [2.75, 3.05) is 24.5 Å². The number of amides is 1. The van der Waals surface area contributed by atoms with Crippen LogP contribution in [0.25, 0.3) is 0 Å². The van der Waals surface area contributed by atoms with Gasteiger partial charge in [0.15, 0.2) is 0 Å². The third-order valence-corrected chi connectivity index (χ3v) is 3.75. The van der Waals surface area contributed by atoms with Crippen molar-refractivity contribution in [2.24, 2.45) is 5.92 Å². The molecule has 0 aliphatic carbocycles. The Morgan fingerprint density at radius 2 is 2.05 bits per heavy atom.